The number of anilines is 1. The number of halogens is 2. The Balaban J connectivity index is 2.16. The van der Waals surface area contributed by atoms with Gasteiger partial charge >= 0.3 is 0 Å². The number of rotatable bonds is 10. The molecule has 3 aromatic rings. The zero-order valence-corrected chi connectivity index (χ0v) is 26.0. The minimum absolute atomic E-state index is 0.0984. The van der Waals surface area contributed by atoms with Gasteiger partial charge in [-0.15, -0.1) is 0 Å². The van der Waals surface area contributed by atoms with Crippen LogP contribution in [0.5, 0.6) is 11.5 Å². The van der Waals surface area contributed by atoms with Crippen molar-refractivity contribution >= 4 is 29.9 Å². The van der Waals surface area contributed by atoms with Crippen LogP contribution in [-0.4, -0.2) is 33.7 Å². The molecule has 0 heterocycles. The summed E-state index contributed by atoms with van der Waals surface area (Å²) in [5.74, 6) is 0.693. The lowest BCUT2D eigenvalue weighted by atomic mass is 9.92. The summed E-state index contributed by atoms with van der Waals surface area (Å²) in [5, 5.41) is 15.4. The summed E-state index contributed by atoms with van der Waals surface area (Å²) >= 11 is 3.47. The first-order valence-corrected chi connectivity index (χ1v) is 16.3. The van der Waals surface area contributed by atoms with Gasteiger partial charge in [-0.1, -0.05) is 66.5 Å². The lowest BCUT2D eigenvalue weighted by Crippen LogP contribution is -2.45. The van der Waals surface area contributed by atoms with Crippen molar-refractivity contribution in [2.45, 2.75) is 64.1 Å². The van der Waals surface area contributed by atoms with Gasteiger partial charge in [0.25, 0.3) is 0 Å². The number of hydrogen-bond acceptors (Lipinski definition) is 5. The van der Waals surface area contributed by atoms with Crippen molar-refractivity contribution in [2.24, 2.45) is 0 Å². The summed E-state index contributed by atoms with van der Waals surface area (Å²) in [7, 11) is 0.783. The highest BCUT2D eigenvalue weighted by Gasteiger charge is 2.43. The van der Waals surface area contributed by atoms with Crippen molar-refractivity contribution in [2.75, 3.05) is 19.5 Å². The summed E-state index contributed by atoms with van der Waals surface area (Å²) in [6, 6.07) is 17.1. The standard InChI is InChI=1S/C30H39BrFNO4Si/c1-19-9-11-20(12-10-19)29(37-38(7,8)30(2,3)4)28(34)27(23-17-21(31)13-15-24(23)32)33-25-16-14-22(35-5)18-26(25)36-6/h9-18,27-29,33-34H,1-8H3/t27-,28-,29+/m0/s1. The minimum Gasteiger partial charge on any atom is -0.497 e. The van der Waals surface area contributed by atoms with Gasteiger partial charge in [-0.3, -0.25) is 0 Å². The van der Waals surface area contributed by atoms with Crippen molar-refractivity contribution in [3.05, 3.63) is 87.6 Å². The van der Waals surface area contributed by atoms with Crippen molar-refractivity contribution in [3.63, 3.8) is 0 Å². The predicted molar refractivity (Wildman–Crippen MR) is 158 cm³/mol. The third-order valence-corrected chi connectivity index (χ3v) is 12.2. The molecule has 0 bridgehead atoms. The van der Waals surface area contributed by atoms with Crippen LogP contribution < -0.4 is 14.8 Å². The first kappa shape index (κ1) is 30.2. The fourth-order valence-electron chi connectivity index (χ4n) is 3.95. The van der Waals surface area contributed by atoms with Gasteiger partial charge in [0.05, 0.1) is 32.1 Å². The molecule has 2 N–H and O–H groups in total. The Labute approximate surface area is 235 Å². The van der Waals surface area contributed by atoms with Gasteiger partial charge in [0, 0.05) is 16.1 Å². The van der Waals surface area contributed by atoms with Crippen molar-refractivity contribution in [3.8, 4) is 11.5 Å². The molecule has 3 atom stereocenters. The van der Waals surface area contributed by atoms with E-state index in [1.807, 2.05) is 31.2 Å². The van der Waals surface area contributed by atoms with Crippen molar-refractivity contribution in [1.29, 1.82) is 0 Å². The Morgan fingerprint density at radius 3 is 2.18 bits per heavy atom. The van der Waals surface area contributed by atoms with E-state index in [1.165, 1.54) is 6.07 Å². The number of aliphatic hydroxyl groups excluding tert-OH is 1. The van der Waals surface area contributed by atoms with Crippen molar-refractivity contribution in [1.82, 2.24) is 0 Å². The average Bonchev–Trinajstić information content (AvgIpc) is 2.87. The molecule has 0 aliphatic carbocycles. The zero-order chi connectivity index (χ0) is 28.3. The van der Waals surface area contributed by atoms with Crippen LogP contribution in [0.25, 0.3) is 0 Å². The van der Waals surface area contributed by atoms with E-state index in [-0.39, 0.29) is 5.04 Å². The second kappa shape index (κ2) is 12.2. The average molecular weight is 605 g/mol. The number of aliphatic hydroxyl groups is 1. The molecule has 38 heavy (non-hydrogen) atoms. The normalized spacial score (nSPS) is 14.5. The Hall–Kier alpha value is -2.39. The SMILES string of the molecule is COc1ccc(N[C@@H](c2cc(Br)ccc2F)[C@H](O)[C@H](O[Si](C)(C)C(C)(C)C)c2ccc(C)cc2)c(OC)c1. The number of methoxy groups -OCH3 is 2. The summed E-state index contributed by atoms with van der Waals surface area (Å²) < 4.78 is 33.9. The fourth-order valence-corrected chi connectivity index (χ4v) is 5.59. The van der Waals surface area contributed by atoms with E-state index in [2.05, 4.69) is 55.1 Å². The van der Waals surface area contributed by atoms with Crippen LogP contribution >= 0.6 is 15.9 Å². The van der Waals surface area contributed by atoms with Crippen LogP contribution in [-0.2, 0) is 4.43 Å². The predicted octanol–water partition coefficient (Wildman–Crippen LogP) is 8.19. The van der Waals surface area contributed by atoms with Gasteiger partial charge in [0.15, 0.2) is 8.32 Å². The number of ether oxygens (including phenoxy) is 2. The molecule has 206 valence electrons. The summed E-state index contributed by atoms with van der Waals surface area (Å²) in [5.41, 5.74) is 2.83. The monoisotopic (exact) mass is 603 g/mol. The van der Waals surface area contributed by atoms with Crippen LogP contribution in [0.15, 0.2) is 65.1 Å². The van der Waals surface area contributed by atoms with E-state index in [0.29, 0.717) is 27.2 Å². The first-order valence-electron chi connectivity index (χ1n) is 12.6. The smallest absolute Gasteiger partial charge is 0.193 e. The molecule has 3 aromatic carbocycles. The Morgan fingerprint density at radius 1 is 0.947 bits per heavy atom. The van der Waals surface area contributed by atoms with Gasteiger partial charge in [-0.2, -0.15) is 0 Å². The molecule has 0 aliphatic heterocycles. The highest BCUT2D eigenvalue weighted by molar-refractivity contribution is 9.10. The molecule has 5 nitrogen and oxygen atoms in total. The molecule has 0 aromatic heterocycles. The lowest BCUT2D eigenvalue weighted by molar-refractivity contribution is 0.0134. The minimum atomic E-state index is -2.35. The Morgan fingerprint density at radius 2 is 1.61 bits per heavy atom. The third-order valence-electron chi connectivity index (χ3n) is 7.30. The Bertz CT molecular complexity index is 1230. The second-order valence-electron chi connectivity index (χ2n) is 11.1. The van der Waals surface area contributed by atoms with E-state index >= 15 is 4.39 Å². The highest BCUT2D eigenvalue weighted by Crippen LogP contribution is 2.44. The number of nitrogens with one attached hydrogen (secondary N) is 1. The van der Waals surface area contributed by atoms with Crippen molar-refractivity contribution < 1.29 is 23.4 Å². The van der Waals surface area contributed by atoms with Gasteiger partial charge in [-0.25, -0.2) is 4.39 Å². The number of hydrogen-bond donors (Lipinski definition) is 2. The zero-order valence-electron chi connectivity index (χ0n) is 23.4. The largest absolute Gasteiger partial charge is 0.497 e. The maximum absolute atomic E-state index is 15.4. The molecule has 3 rings (SSSR count). The van der Waals surface area contributed by atoms with Crippen LogP contribution in [0, 0.1) is 12.7 Å². The molecule has 0 spiro atoms. The van der Waals surface area contributed by atoms with Crippen LogP contribution in [0.3, 0.4) is 0 Å². The fraction of sp³-hybridized carbons (Fsp3) is 0.400. The topological polar surface area (TPSA) is 60.0 Å². The molecule has 0 saturated carbocycles. The quantitative estimate of drug-likeness (QED) is 0.229. The van der Waals surface area contributed by atoms with Gasteiger partial charge in [-0.05, 0) is 61.0 Å². The van der Waals surface area contributed by atoms with Crippen LogP contribution in [0.2, 0.25) is 18.1 Å². The third kappa shape index (κ3) is 6.97. The van der Waals surface area contributed by atoms with Gasteiger partial charge in [0.1, 0.15) is 23.4 Å². The van der Waals surface area contributed by atoms with Crippen LogP contribution in [0.4, 0.5) is 10.1 Å². The molecular formula is C30H39BrFNO4Si. The Kier molecular flexibility index (Phi) is 9.68. The summed E-state index contributed by atoms with van der Waals surface area (Å²) in [6.45, 7) is 12.8. The van der Waals surface area contributed by atoms with E-state index < -0.39 is 32.4 Å². The van der Waals surface area contributed by atoms with E-state index in [0.717, 1.165) is 11.1 Å². The molecule has 0 aliphatic rings. The van der Waals surface area contributed by atoms with Crippen LogP contribution in [0.1, 0.15) is 49.6 Å². The maximum Gasteiger partial charge on any atom is 0.193 e. The number of benzene rings is 3. The van der Waals surface area contributed by atoms with Gasteiger partial charge in [0.2, 0.25) is 0 Å². The molecule has 0 amide bonds. The molecule has 0 radical (unpaired) electrons. The number of aryl methyl sites for hydroxylation is 1. The molecule has 8 heteroatoms. The molecule has 0 unspecified atom stereocenters. The molecule has 0 saturated heterocycles. The summed E-state index contributed by atoms with van der Waals surface area (Å²) in [6.07, 6.45) is -1.86. The second-order valence-corrected chi connectivity index (χ2v) is 16.7. The summed E-state index contributed by atoms with van der Waals surface area (Å²) in [4.78, 5) is 0. The first-order chi connectivity index (χ1) is 17.8. The molecule has 0 fully saturated rings. The van der Waals surface area contributed by atoms with E-state index in [4.69, 9.17) is 13.9 Å². The van der Waals surface area contributed by atoms with Gasteiger partial charge < -0.3 is 24.3 Å². The van der Waals surface area contributed by atoms with E-state index in [9.17, 15) is 5.11 Å². The highest BCUT2D eigenvalue weighted by atomic mass is 79.9. The van der Waals surface area contributed by atoms with E-state index in [1.54, 1.807) is 44.6 Å². The maximum atomic E-state index is 15.4. The molecular weight excluding hydrogens is 565 g/mol. The lowest BCUT2D eigenvalue weighted by Gasteiger charge is -2.42.